The lowest BCUT2D eigenvalue weighted by molar-refractivity contribution is -0.272. The SMILES string of the molecule is CC(=CC(=O)NCCC(O)(c1nccn1C)C(F)(F)F)C(C)(C)C. The normalized spacial score (nSPS) is 16.0. The van der Waals surface area contributed by atoms with Crippen LogP contribution in [0.1, 0.15) is 39.9 Å². The average molecular weight is 347 g/mol. The number of alkyl halides is 3. The van der Waals surface area contributed by atoms with E-state index in [9.17, 15) is 23.1 Å². The molecular weight excluding hydrogens is 323 g/mol. The zero-order valence-electron chi connectivity index (χ0n) is 14.5. The summed E-state index contributed by atoms with van der Waals surface area (Å²) in [6.07, 6.45) is -1.78. The van der Waals surface area contributed by atoms with Gasteiger partial charge in [-0.3, -0.25) is 4.79 Å². The summed E-state index contributed by atoms with van der Waals surface area (Å²) in [5, 5.41) is 12.5. The average Bonchev–Trinajstić information content (AvgIpc) is 2.82. The van der Waals surface area contributed by atoms with Gasteiger partial charge in [0, 0.05) is 38.5 Å². The molecular formula is C16H24F3N3O2. The highest BCUT2D eigenvalue weighted by atomic mass is 19.4. The lowest BCUT2D eigenvalue weighted by Crippen LogP contribution is -2.46. The van der Waals surface area contributed by atoms with Crippen LogP contribution in [-0.2, 0) is 17.4 Å². The fourth-order valence-corrected chi connectivity index (χ4v) is 1.98. The summed E-state index contributed by atoms with van der Waals surface area (Å²) in [5.41, 5.74) is -2.53. The first-order valence-electron chi connectivity index (χ1n) is 7.52. The number of aliphatic hydroxyl groups is 1. The molecule has 0 aliphatic rings. The highest BCUT2D eigenvalue weighted by Crippen LogP contribution is 2.40. The Balaban J connectivity index is 2.83. The van der Waals surface area contributed by atoms with Gasteiger partial charge in [0.1, 0.15) is 5.82 Å². The molecule has 1 amide bonds. The van der Waals surface area contributed by atoms with Crippen LogP contribution in [0.4, 0.5) is 13.2 Å². The largest absolute Gasteiger partial charge is 0.424 e. The molecule has 2 N–H and O–H groups in total. The predicted octanol–water partition coefficient (Wildman–Crippen LogP) is 2.67. The molecule has 1 rings (SSSR count). The molecule has 1 aromatic heterocycles. The molecule has 24 heavy (non-hydrogen) atoms. The van der Waals surface area contributed by atoms with Gasteiger partial charge in [0.2, 0.25) is 11.5 Å². The number of carbonyl (C=O) groups excluding carboxylic acids is 1. The maximum absolute atomic E-state index is 13.3. The molecule has 0 aromatic carbocycles. The fraction of sp³-hybridized carbons (Fsp3) is 0.625. The first kappa shape index (κ1) is 20.2. The van der Waals surface area contributed by atoms with Crippen molar-refractivity contribution in [1.82, 2.24) is 14.9 Å². The smallest absolute Gasteiger partial charge is 0.374 e. The second kappa shape index (κ2) is 6.96. The number of halogens is 3. The quantitative estimate of drug-likeness (QED) is 0.805. The Hall–Kier alpha value is -1.83. The third kappa shape index (κ3) is 4.59. The molecule has 0 radical (unpaired) electrons. The van der Waals surface area contributed by atoms with E-state index in [0.717, 1.165) is 10.1 Å². The third-order valence-electron chi connectivity index (χ3n) is 3.98. The monoisotopic (exact) mass is 347 g/mol. The Labute approximate surface area is 139 Å². The summed E-state index contributed by atoms with van der Waals surface area (Å²) in [6.45, 7) is 7.22. The Bertz CT molecular complexity index is 615. The van der Waals surface area contributed by atoms with Crippen LogP contribution in [0.2, 0.25) is 0 Å². The number of hydrogen-bond acceptors (Lipinski definition) is 3. The van der Waals surface area contributed by atoms with Gasteiger partial charge < -0.3 is 15.0 Å². The fourth-order valence-electron chi connectivity index (χ4n) is 1.98. The summed E-state index contributed by atoms with van der Waals surface area (Å²) in [5.74, 6) is -1.00. The van der Waals surface area contributed by atoms with Gasteiger partial charge in [0.25, 0.3) is 0 Å². The highest BCUT2D eigenvalue weighted by molar-refractivity contribution is 5.88. The number of nitrogens with one attached hydrogen (secondary N) is 1. The Morgan fingerprint density at radius 3 is 2.38 bits per heavy atom. The number of nitrogens with zero attached hydrogens (tertiary/aromatic N) is 2. The van der Waals surface area contributed by atoms with Crippen molar-refractivity contribution < 1.29 is 23.1 Å². The highest BCUT2D eigenvalue weighted by Gasteiger charge is 2.57. The predicted molar refractivity (Wildman–Crippen MR) is 84.0 cm³/mol. The molecule has 8 heteroatoms. The van der Waals surface area contributed by atoms with E-state index in [1.165, 1.54) is 25.5 Å². The number of imidazole rings is 1. The van der Waals surface area contributed by atoms with Crippen molar-refractivity contribution in [1.29, 1.82) is 0 Å². The Kier molecular flexibility index (Phi) is 5.86. The van der Waals surface area contributed by atoms with Crippen molar-refractivity contribution >= 4 is 5.91 Å². The molecule has 1 atom stereocenters. The van der Waals surface area contributed by atoms with Gasteiger partial charge in [-0.2, -0.15) is 13.2 Å². The van der Waals surface area contributed by atoms with E-state index in [-0.39, 0.29) is 12.0 Å². The van der Waals surface area contributed by atoms with Crippen molar-refractivity contribution in [3.05, 3.63) is 29.9 Å². The minimum Gasteiger partial charge on any atom is -0.374 e. The van der Waals surface area contributed by atoms with Gasteiger partial charge in [0.15, 0.2) is 0 Å². The van der Waals surface area contributed by atoms with Gasteiger partial charge in [-0.1, -0.05) is 26.3 Å². The van der Waals surface area contributed by atoms with Gasteiger partial charge in [-0.25, -0.2) is 4.98 Å². The van der Waals surface area contributed by atoms with E-state index in [0.29, 0.717) is 0 Å². The van der Waals surface area contributed by atoms with E-state index in [1.807, 2.05) is 20.8 Å². The zero-order valence-corrected chi connectivity index (χ0v) is 14.5. The van der Waals surface area contributed by atoms with Crippen molar-refractivity contribution in [2.75, 3.05) is 6.54 Å². The summed E-state index contributed by atoms with van der Waals surface area (Å²) in [6, 6.07) is 0. The Morgan fingerprint density at radius 2 is 1.96 bits per heavy atom. The first-order chi connectivity index (χ1) is 10.8. The van der Waals surface area contributed by atoms with Crippen molar-refractivity contribution in [3.63, 3.8) is 0 Å². The standard InChI is InChI=1S/C16H24F3N3O2/c1-11(14(2,3)4)10-12(23)20-7-6-15(24,16(17,18)19)13-21-8-9-22(13)5/h8-10,24H,6-7H2,1-5H3,(H,20,23). The lowest BCUT2D eigenvalue weighted by atomic mass is 9.87. The van der Waals surface area contributed by atoms with E-state index in [4.69, 9.17) is 0 Å². The van der Waals surface area contributed by atoms with Crippen molar-refractivity contribution in [2.24, 2.45) is 12.5 Å². The number of allylic oxidation sites excluding steroid dienone is 1. The van der Waals surface area contributed by atoms with Crippen LogP contribution in [0.5, 0.6) is 0 Å². The Morgan fingerprint density at radius 1 is 1.38 bits per heavy atom. The van der Waals surface area contributed by atoms with Crippen LogP contribution in [-0.4, -0.2) is 33.3 Å². The molecule has 0 aliphatic heterocycles. The maximum Gasteiger partial charge on any atom is 0.424 e. The minimum absolute atomic E-state index is 0.211. The number of rotatable bonds is 5. The van der Waals surface area contributed by atoms with Gasteiger partial charge in [0.05, 0.1) is 0 Å². The lowest BCUT2D eigenvalue weighted by Gasteiger charge is -2.30. The molecule has 5 nitrogen and oxygen atoms in total. The number of carbonyl (C=O) groups is 1. The first-order valence-corrected chi connectivity index (χ1v) is 7.52. The summed E-state index contributed by atoms with van der Waals surface area (Å²) >= 11 is 0. The van der Waals surface area contributed by atoms with E-state index in [1.54, 1.807) is 6.92 Å². The second-order valence-electron chi connectivity index (χ2n) is 6.84. The van der Waals surface area contributed by atoms with Gasteiger partial charge in [-0.05, 0) is 12.3 Å². The molecule has 1 heterocycles. The van der Waals surface area contributed by atoms with Gasteiger partial charge >= 0.3 is 6.18 Å². The third-order valence-corrected chi connectivity index (χ3v) is 3.98. The molecule has 0 saturated carbocycles. The number of amides is 1. The summed E-state index contributed by atoms with van der Waals surface area (Å²) in [7, 11) is 1.37. The topological polar surface area (TPSA) is 67.2 Å². The zero-order chi connectivity index (χ0) is 18.8. The summed E-state index contributed by atoms with van der Waals surface area (Å²) < 4.78 is 41.0. The van der Waals surface area contributed by atoms with Crippen LogP contribution < -0.4 is 5.32 Å². The molecule has 1 unspecified atom stereocenters. The second-order valence-corrected chi connectivity index (χ2v) is 6.84. The van der Waals surface area contributed by atoms with Crippen LogP contribution in [0, 0.1) is 5.41 Å². The van der Waals surface area contributed by atoms with Crippen LogP contribution in [0.15, 0.2) is 24.0 Å². The van der Waals surface area contributed by atoms with E-state index >= 15 is 0 Å². The van der Waals surface area contributed by atoms with Crippen LogP contribution in [0.25, 0.3) is 0 Å². The molecule has 136 valence electrons. The molecule has 0 spiro atoms. The molecule has 0 aliphatic carbocycles. The number of hydrogen-bond donors (Lipinski definition) is 2. The summed E-state index contributed by atoms with van der Waals surface area (Å²) in [4.78, 5) is 15.4. The number of aryl methyl sites for hydroxylation is 1. The van der Waals surface area contributed by atoms with E-state index in [2.05, 4.69) is 10.3 Å². The van der Waals surface area contributed by atoms with Crippen molar-refractivity contribution in [2.45, 2.75) is 45.9 Å². The molecule has 1 aromatic rings. The molecule has 0 bridgehead atoms. The van der Waals surface area contributed by atoms with Crippen LogP contribution in [0.3, 0.4) is 0 Å². The molecule has 0 fully saturated rings. The van der Waals surface area contributed by atoms with Crippen LogP contribution >= 0.6 is 0 Å². The van der Waals surface area contributed by atoms with Crippen molar-refractivity contribution in [3.8, 4) is 0 Å². The minimum atomic E-state index is -4.91. The number of aromatic nitrogens is 2. The maximum atomic E-state index is 13.3. The van der Waals surface area contributed by atoms with Gasteiger partial charge in [-0.15, -0.1) is 0 Å². The van der Waals surface area contributed by atoms with E-state index < -0.39 is 29.9 Å². The molecule has 0 saturated heterocycles.